The Kier molecular flexibility index (Phi) is 7.04. The van der Waals surface area contributed by atoms with Crippen LogP contribution >= 0.6 is 39.5 Å². The van der Waals surface area contributed by atoms with Crippen molar-refractivity contribution in [1.29, 1.82) is 0 Å². The Morgan fingerprint density at radius 2 is 2.16 bits per heavy atom. The summed E-state index contributed by atoms with van der Waals surface area (Å²) in [6, 6.07) is 13.3. The van der Waals surface area contributed by atoms with Crippen molar-refractivity contribution in [3.05, 3.63) is 69.1 Å². The van der Waals surface area contributed by atoms with Crippen LogP contribution in [0.5, 0.6) is 5.75 Å². The van der Waals surface area contributed by atoms with Crippen molar-refractivity contribution in [2.24, 2.45) is 0 Å². The largest absolute Gasteiger partial charge is 0.495 e. The molecule has 0 radical (unpaired) electrons. The minimum atomic E-state index is -0.268. The minimum Gasteiger partial charge on any atom is -0.495 e. The number of ether oxygens (including phenoxy) is 2. The highest BCUT2D eigenvalue weighted by molar-refractivity contribution is 9.10. The average molecular weight is 533 g/mol. The molecule has 166 valence electrons. The molecule has 0 aliphatic carbocycles. The van der Waals surface area contributed by atoms with Gasteiger partial charge in [0.2, 0.25) is 5.91 Å². The zero-order valence-electron chi connectivity index (χ0n) is 17.4. The van der Waals surface area contributed by atoms with E-state index in [4.69, 9.17) is 21.7 Å². The van der Waals surface area contributed by atoms with E-state index in [1.807, 2.05) is 36.4 Å². The van der Waals surface area contributed by atoms with Gasteiger partial charge in [-0.15, -0.1) is 11.3 Å². The lowest BCUT2D eigenvalue weighted by Crippen LogP contribution is -2.29. The predicted octanol–water partition coefficient (Wildman–Crippen LogP) is 4.68. The highest BCUT2D eigenvalue weighted by Gasteiger charge is 2.41. The van der Waals surface area contributed by atoms with Crippen LogP contribution in [0, 0.1) is 0 Å². The van der Waals surface area contributed by atoms with Crippen molar-refractivity contribution in [1.82, 2.24) is 10.3 Å². The Morgan fingerprint density at radius 1 is 1.31 bits per heavy atom. The molecule has 1 aliphatic rings. The van der Waals surface area contributed by atoms with Crippen LogP contribution in [0.1, 0.15) is 22.7 Å². The van der Waals surface area contributed by atoms with Gasteiger partial charge in [-0.1, -0.05) is 6.07 Å². The SMILES string of the molecule is COCC(=O)Nc1cc(N2C(=S)N[C@H](c3ccccn3)[C@H]2c2cc(Br)cs2)ccc1OC. The number of thiophene rings is 1. The highest BCUT2D eigenvalue weighted by atomic mass is 79.9. The molecular weight excluding hydrogens is 512 g/mol. The number of aromatic nitrogens is 1. The second-order valence-corrected chi connectivity index (χ2v) is 9.27. The lowest BCUT2D eigenvalue weighted by molar-refractivity contribution is -0.119. The summed E-state index contributed by atoms with van der Waals surface area (Å²) in [7, 11) is 3.04. The molecule has 32 heavy (non-hydrogen) atoms. The highest BCUT2D eigenvalue weighted by Crippen LogP contribution is 2.45. The molecule has 1 aliphatic heterocycles. The molecule has 2 aromatic heterocycles. The number of pyridine rings is 1. The number of hydrogen-bond donors (Lipinski definition) is 2. The molecule has 0 spiro atoms. The van der Waals surface area contributed by atoms with Crippen molar-refractivity contribution in [2.75, 3.05) is 31.0 Å². The predicted molar refractivity (Wildman–Crippen MR) is 133 cm³/mol. The molecule has 1 saturated heterocycles. The van der Waals surface area contributed by atoms with Crippen molar-refractivity contribution < 1.29 is 14.3 Å². The van der Waals surface area contributed by atoms with Gasteiger partial charge in [-0.3, -0.25) is 9.78 Å². The molecule has 2 atom stereocenters. The molecule has 7 nitrogen and oxygen atoms in total. The summed E-state index contributed by atoms with van der Waals surface area (Å²) in [5, 5.41) is 8.91. The Labute approximate surface area is 203 Å². The van der Waals surface area contributed by atoms with Crippen LogP contribution in [0.2, 0.25) is 0 Å². The third-order valence-electron chi connectivity index (χ3n) is 4.99. The number of amides is 1. The first-order valence-electron chi connectivity index (χ1n) is 9.73. The minimum absolute atomic E-state index is 0.0509. The maximum atomic E-state index is 12.1. The number of hydrogen-bond acceptors (Lipinski definition) is 6. The smallest absolute Gasteiger partial charge is 0.250 e. The summed E-state index contributed by atoms with van der Waals surface area (Å²) in [4.78, 5) is 19.9. The van der Waals surface area contributed by atoms with Crippen LogP contribution in [0.4, 0.5) is 11.4 Å². The van der Waals surface area contributed by atoms with Crippen molar-refractivity contribution >= 4 is 61.9 Å². The number of carbonyl (C=O) groups is 1. The van der Waals surface area contributed by atoms with Gasteiger partial charge in [0.25, 0.3) is 0 Å². The molecule has 1 fully saturated rings. The maximum absolute atomic E-state index is 12.1. The Morgan fingerprint density at radius 3 is 2.81 bits per heavy atom. The van der Waals surface area contributed by atoms with Crippen LogP contribution in [0.25, 0.3) is 0 Å². The van der Waals surface area contributed by atoms with Crippen LogP contribution in [0.3, 0.4) is 0 Å². The number of thiocarbonyl (C=S) groups is 1. The molecule has 3 heterocycles. The molecule has 0 bridgehead atoms. The normalized spacial score (nSPS) is 17.8. The molecule has 0 saturated carbocycles. The van der Waals surface area contributed by atoms with E-state index < -0.39 is 0 Å². The van der Waals surface area contributed by atoms with Gasteiger partial charge in [-0.05, 0) is 64.5 Å². The number of nitrogens with one attached hydrogen (secondary N) is 2. The molecule has 1 amide bonds. The van der Waals surface area contributed by atoms with E-state index in [1.54, 1.807) is 24.6 Å². The molecule has 2 N–H and O–H groups in total. The first kappa shape index (κ1) is 22.7. The van der Waals surface area contributed by atoms with Gasteiger partial charge in [-0.25, -0.2) is 0 Å². The second-order valence-electron chi connectivity index (χ2n) is 7.03. The fourth-order valence-electron chi connectivity index (χ4n) is 3.67. The van der Waals surface area contributed by atoms with E-state index in [0.29, 0.717) is 16.5 Å². The number of anilines is 2. The molecule has 3 aromatic rings. The average Bonchev–Trinajstić information content (AvgIpc) is 3.37. The summed E-state index contributed by atoms with van der Waals surface area (Å²) in [5.41, 5.74) is 2.26. The monoisotopic (exact) mass is 532 g/mol. The number of nitrogens with zero attached hydrogens (tertiary/aromatic N) is 2. The lowest BCUT2D eigenvalue weighted by atomic mass is 10.0. The number of methoxy groups -OCH3 is 2. The zero-order chi connectivity index (χ0) is 22.7. The standard InChI is InChI=1S/C22H21BrN4O3S2/c1-29-11-19(28)25-16-10-14(6-7-17(16)30-2)27-21(18-9-13(23)12-32-18)20(26-22(27)31)15-5-3-4-8-24-15/h3-10,12,20-21H,11H2,1-2H3,(H,25,28)(H,26,31)/t20-,21-/m1/s1. The number of halogens is 1. The second kappa shape index (κ2) is 9.95. The molecule has 4 rings (SSSR count). The van der Waals surface area contributed by atoms with Crippen molar-refractivity contribution in [3.63, 3.8) is 0 Å². The number of rotatable bonds is 7. The Balaban J connectivity index is 1.77. The summed E-state index contributed by atoms with van der Waals surface area (Å²) >= 11 is 11.0. The summed E-state index contributed by atoms with van der Waals surface area (Å²) < 4.78 is 11.4. The van der Waals surface area contributed by atoms with Crippen LogP contribution in [-0.2, 0) is 9.53 Å². The van der Waals surface area contributed by atoms with E-state index in [1.165, 1.54) is 7.11 Å². The van der Waals surface area contributed by atoms with E-state index in [-0.39, 0.29) is 24.6 Å². The quantitative estimate of drug-likeness (QED) is 0.428. The maximum Gasteiger partial charge on any atom is 0.250 e. The van der Waals surface area contributed by atoms with E-state index in [2.05, 4.69) is 47.9 Å². The molecule has 1 aromatic carbocycles. The summed E-state index contributed by atoms with van der Waals surface area (Å²) in [5.74, 6) is 0.281. The van der Waals surface area contributed by atoms with Gasteiger partial charge in [0.05, 0.1) is 30.6 Å². The third kappa shape index (κ3) is 4.63. The van der Waals surface area contributed by atoms with Crippen molar-refractivity contribution in [2.45, 2.75) is 12.1 Å². The number of carbonyl (C=O) groups excluding carboxylic acids is 1. The fraction of sp³-hybridized carbons (Fsp3) is 0.227. The van der Waals surface area contributed by atoms with Gasteiger partial charge in [0, 0.05) is 33.7 Å². The van der Waals surface area contributed by atoms with E-state index >= 15 is 0 Å². The first-order valence-corrected chi connectivity index (χ1v) is 11.8. The zero-order valence-corrected chi connectivity index (χ0v) is 20.6. The van der Waals surface area contributed by atoms with Gasteiger partial charge >= 0.3 is 0 Å². The Hall–Kier alpha value is -2.53. The lowest BCUT2D eigenvalue weighted by Gasteiger charge is -2.27. The van der Waals surface area contributed by atoms with E-state index in [0.717, 1.165) is 20.7 Å². The molecule has 0 unspecified atom stereocenters. The fourth-order valence-corrected chi connectivity index (χ4v) is 5.58. The Bertz CT molecular complexity index is 1130. The summed E-state index contributed by atoms with van der Waals surface area (Å²) in [6.07, 6.45) is 1.78. The van der Waals surface area contributed by atoms with Crippen LogP contribution < -0.4 is 20.3 Å². The van der Waals surface area contributed by atoms with Gasteiger partial charge < -0.3 is 25.0 Å². The van der Waals surface area contributed by atoms with E-state index in [9.17, 15) is 4.79 Å². The van der Waals surface area contributed by atoms with Crippen LogP contribution in [0.15, 0.2) is 58.5 Å². The first-order chi connectivity index (χ1) is 15.5. The van der Waals surface area contributed by atoms with Gasteiger partial charge in [-0.2, -0.15) is 0 Å². The van der Waals surface area contributed by atoms with Crippen LogP contribution in [-0.4, -0.2) is 36.8 Å². The topological polar surface area (TPSA) is 75.7 Å². The van der Waals surface area contributed by atoms with Gasteiger partial charge in [0.15, 0.2) is 5.11 Å². The molecular formula is C22H21BrN4O3S2. The van der Waals surface area contributed by atoms with Crippen molar-refractivity contribution in [3.8, 4) is 5.75 Å². The third-order valence-corrected chi connectivity index (χ3v) is 7.07. The van der Waals surface area contributed by atoms with Gasteiger partial charge in [0.1, 0.15) is 12.4 Å². The summed E-state index contributed by atoms with van der Waals surface area (Å²) in [6.45, 7) is -0.0509. The molecule has 10 heteroatoms. The number of benzene rings is 1.